The van der Waals surface area contributed by atoms with Gasteiger partial charge in [0.2, 0.25) is 0 Å². The molecule has 138 valence electrons. The van der Waals surface area contributed by atoms with Crippen LogP contribution in [-0.4, -0.2) is 25.5 Å². The molecule has 3 N–H and O–H groups in total. The number of allylic oxidation sites excluding steroid dienone is 1. The van der Waals surface area contributed by atoms with Crippen LogP contribution in [0.1, 0.15) is 22.6 Å². The largest absolute Gasteiger partial charge is 0.360 e. The number of nitrogens with one attached hydrogen (secondary N) is 3. The fourth-order valence-electron chi connectivity index (χ4n) is 4.10. The number of anilines is 1. The molecule has 0 bridgehead atoms. The van der Waals surface area contributed by atoms with Crippen LogP contribution >= 0.6 is 0 Å². The molecule has 0 aliphatic carbocycles. The van der Waals surface area contributed by atoms with Gasteiger partial charge in [0.05, 0.1) is 29.5 Å². The lowest BCUT2D eigenvalue weighted by Crippen LogP contribution is -2.17. The molecule has 0 radical (unpaired) electrons. The summed E-state index contributed by atoms with van der Waals surface area (Å²) in [5.41, 5.74) is 6.26. The maximum atomic E-state index is 10.2. The van der Waals surface area contributed by atoms with Crippen molar-refractivity contribution in [3.63, 3.8) is 0 Å². The molecule has 0 spiro atoms. The first-order valence-corrected chi connectivity index (χ1v) is 9.07. The normalized spacial score (nSPS) is 16.0. The summed E-state index contributed by atoms with van der Waals surface area (Å²) < 4.78 is 4.95. The Labute approximate surface area is 163 Å². The molecule has 5 aromatic rings. The van der Waals surface area contributed by atoms with Crippen molar-refractivity contribution < 1.29 is 4.63 Å². The third kappa shape index (κ3) is 2.15. The number of aromatic amines is 2. The number of para-hydroxylation sites is 1. The van der Waals surface area contributed by atoms with Gasteiger partial charge in [-0.05, 0) is 28.0 Å². The van der Waals surface area contributed by atoms with Crippen LogP contribution < -0.4 is 5.32 Å². The topological polar surface area (TPSA) is 119 Å². The average molecular weight is 379 g/mol. The molecule has 0 saturated carbocycles. The number of nitriles is 1. The summed E-state index contributed by atoms with van der Waals surface area (Å²) in [5, 5.41) is 29.9. The van der Waals surface area contributed by atoms with Crippen molar-refractivity contribution in [2.75, 3.05) is 5.32 Å². The quantitative estimate of drug-likeness (QED) is 0.428. The number of hydrogen-bond acceptors (Lipinski definition) is 6. The number of rotatable bonds is 2. The van der Waals surface area contributed by atoms with Gasteiger partial charge in [0, 0.05) is 28.2 Å². The molecule has 1 aliphatic heterocycles. The summed E-state index contributed by atoms with van der Waals surface area (Å²) in [7, 11) is 0. The minimum Gasteiger partial charge on any atom is -0.360 e. The highest BCUT2D eigenvalue weighted by Gasteiger charge is 2.34. The second-order valence-corrected chi connectivity index (χ2v) is 6.89. The highest BCUT2D eigenvalue weighted by atomic mass is 16.6. The lowest BCUT2D eigenvalue weighted by molar-refractivity contribution is 0.315. The predicted molar refractivity (Wildman–Crippen MR) is 107 cm³/mol. The molecular formula is C21H13N7O. The third-order valence-electron chi connectivity index (χ3n) is 5.39. The maximum absolute atomic E-state index is 10.2. The van der Waals surface area contributed by atoms with E-state index in [-0.39, 0.29) is 5.92 Å². The predicted octanol–water partition coefficient (Wildman–Crippen LogP) is 3.92. The van der Waals surface area contributed by atoms with Crippen molar-refractivity contribution in [3.8, 4) is 6.07 Å². The Kier molecular flexibility index (Phi) is 3.13. The van der Waals surface area contributed by atoms with Crippen LogP contribution in [0.3, 0.4) is 0 Å². The Morgan fingerprint density at radius 2 is 1.97 bits per heavy atom. The van der Waals surface area contributed by atoms with E-state index in [0.717, 1.165) is 39.1 Å². The molecule has 0 fully saturated rings. The summed E-state index contributed by atoms with van der Waals surface area (Å²) in [6, 6.07) is 16.1. The van der Waals surface area contributed by atoms with Gasteiger partial charge >= 0.3 is 0 Å². The molecule has 6 rings (SSSR count). The van der Waals surface area contributed by atoms with E-state index in [1.165, 1.54) is 0 Å². The van der Waals surface area contributed by atoms with Crippen LogP contribution in [0.4, 0.5) is 5.82 Å². The van der Waals surface area contributed by atoms with E-state index in [1.54, 1.807) is 6.20 Å². The summed E-state index contributed by atoms with van der Waals surface area (Å²) in [4.78, 5) is 3.28. The first-order valence-electron chi connectivity index (χ1n) is 9.07. The molecule has 4 heterocycles. The zero-order valence-corrected chi connectivity index (χ0v) is 15.0. The smallest absolute Gasteiger partial charge is 0.139 e. The summed E-state index contributed by atoms with van der Waals surface area (Å²) >= 11 is 0. The Hall–Kier alpha value is -4.38. The third-order valence-corrected chi connectivity index (χ3v) is 5.39. The second-order valence-electron chi connectivity index (χ2n) is 6.89. The fraction of sp³-hybridized carbons (Fsp3) is 0.0476. The zero-order valence-electron chi connectivity index (χ0n) is 15.0. The summed E-state index contributed by atoms with van der Waals surface area (Å²) in [6.07, 6.45) is 3.66. The molecule has 1 aliphatic rings. The van der Waals surface area contributed by atoms with E-state index in [0.29, 0.717) is 16.6 Å². The molecule has 8 heteroatoms. The van der Waals surface area contributed by atoms with Gasteiger partial charge in [0.1, 0.15) is 16.9 Å². The zero-order chi connectivity index (χ0) is 19.4. The summed E-state index contributed by atoms with van der Waals surface area (Å²) in [6.45, 7) is 0. The number of aromatic nitrogens is 5. The van der Waals surface area contributed by atoms with Crippen molar-refractivity contribution in [3.05, 3.63) is 77.1 Å². The van der Waals surface area contributed by atoms with Gasteiger partial charge in [-0.15, -0.1) is 0 Å². The van der Waals surface area contributed by atoms with Crippen LogP contribution in [0.25, 0.3) is 27.6 Å². The van der Waals surface area contributed by atoms with Gasteiger partial charge in [0.15, 0.2) is 0 Å². The molecule has 2 aromatic carbocycles. The Morgan fingerprint density at radius 1 is 1.03 bits per heavy atom. The summed E-state index contributed by atoms with van der Waals surface area (Å²) in [5.74, 6) is 0.400. The Balaban J connectivity index is 1.66. The van der Waals surface area contributed by atoms with Gasteiger partial charge in [-0.2, -0.15) is 10.4 Å². The number of nitrogens with zero attached hydrogens (tertiary/aromatic N) is 4. The van der Waals surface area contributed by atoms with E-state index >= 15 is 0 Å². The van der Waals surface area contributed by atoms with Crippen molar-refractivity contribution in [1.29, 1.82) is 5.26 Å². The average Bonchev–Trinajstić information content (AvgIpc) is 3.50. The molecule has 29 heavy (non-hydrogen) atoms. The maximum Gasteiger partial charge on any atom is 0.139 e. The van der Waals surface area contributed by atoms with Gasteiger partial charge in [-0.25, -0.2) is 4.63 Å². The SMILES string of the molecule is N#CC1=C(c2c[nH]c3ccccc23)Nc2[nH]ncc2C1c1cccc2nonc12. The first-order chi connectivity index (χ1) is 14.3. The molecule has 1 unspecified atom stereocenters. The van der Waals surface area contributed by atoms with E-state index in [1.807, 2.05) is 48.7 Å². The van der Waals surface area contributed by atoms with Gasteiger partial charge in [-0.1, -0.05) is 30.3 Å². The van der Waals surface area contributed by atoms with Crippen molar-refractivity contribution >= 4 is 33.5 Å². The minimum atomic E-state index is -0.353. The van der Waals surface area contributed by atoms with Crippen LogP contribution in [0.15, 0.2) is 65.1 Å². The Bertz CT molecular complexity index is 1460. The molecule has 8 nitrogen and oxygen atoms in total. The van der Waals surface area contributed by atoms with Gasteiger partial charge in [0.25, 0.3) is 0 Å². The second kappa shape index (κ2) is 5.81. The minimum absolute atomic E-state index is 0.353. The van der Waals surface area contributed by atoms with Crippen LogP contribution in [0.5, 0.6) is 0 Å². The van der Waals surface area contributed by atoms with Gasteiger partial charge < -0.3 is 10.3 Å². The molecule has 0 amide bonds. The van der Waals surface area contributed by atoms with Crippen molar-refractivity contribution in [2.24, 2.45) is 0 Å². The van der Waals surface area contributed by atoms with E-state index in [2.05, 4.69) is 36.9 Å². The highest BCUT2D eigenvalue weighted by molar-refractivity contribution is 5.99. The lowest BCUT2D eigenvalue weighted by atomic mass is 9.81. The standard InChI is InChI=1S/C21H13N7O/c22-8-13-18(12-5-3-7-17-20(12)28-29-27-17)15-10-24-26-21(15)25-19(13)14-9-23-16-6-2-1-4-11(14)16/h1-7,9-10,18,23H,(H2,24,25,26). The van der Waals surface area contributed by atoms with Crippen molar-refractivity contribution in [2.45, 2.75) is 5.92 Å². The van der Waals surface area contributed by atoms with E-state index in [9.17, 15) is 5.26 Å². The number of fused-ring (bicyclic) bond motifs is 3. The first kappa shape index (κ1) is 15.7. The molecule has 1 atom stereocenters. The number of H-pyrrole nitrogens is 2. The van der Waals surface area contributed by atoms with Crippen LogP contribution in [0.2, 0.25) is 0 Å². The molecule has 0 saturated heterocycles. The van der Waals surface area contributed by atoms with E-state index < -0.39 is 0 Å². The van der Waals surface area contributed by atoms with Crippen molar-refractivity contribution in [1.82, 2.24) is 25.5 Å². The van der Waals surface area contributed by atoms with Crippen LogP contribution in [-0.2, 0) is 0 Å². The van der Waals surface area contributed by atoms with Crippen LogP contribution in [0, 0.1) is 11.3 Å². The van der Waals surface area contributed by atoms with Gasteiger partial charge in [-0.3, -0.25) is 5.10 Å². The molecule has 3 aromatic heterocycles. The lowest BCUT2D eigenvalue weighted by Gasteiger charge is -2.26. The fourth-order valence-corrected chi connectivity index (χ4v) is 4.10. The highest BCUT2D eigenvalue weighted by Crippen LogP contribution is 2.45. The number of hydrogen-bond donors (Lipinski definition) is 3. The molecular weight excluding hydrogens is 366 g/mol. The van der Waals surface area contributed by atoms with E-state index in [4.69, 9.17) is 4.63 Å². The Morgan fingerprint density at radius 3 is 2.90 bits per heavy atom. The monoisotopic (exact) mass is 379 g/mol. The number of benzene rings is 2.